The Labute approximate surface area is 131 Å². The van der Waals surface area contributed by atoms with Crippen LogP contribution in [0.15, 0.2) is 12.1 Å². The summed E-state index contributed by atoms with van der Waals surface area (Å²) in [5.74, 6) is -1.26. The minimum atomic E-state index is -0.666. The second-order valence-electron chi connectivity index (χ2n) is 4.61. The van der Waals surface area contributed by atoms with Gasteiger partial charge >= 0.3 is 0 Å². The summed E-state index contributed by atoms with van der Waals surface area (Å²) in [5, 5.41) is 12.3. The molecule has 0 aliphatic rings. The lowest BCUT2D eigenvalue weighted by atomic mass is 10.2. The molecule has 0 radical (unpaired) electrons. The third kappa shape index (κ3) is 3.75. The van der Waals surface area contributed by atoms with Gasteiger partial charge in [0, 0.05) is 0 Å². The molecule has 21 heavy (non-hydrogen) atoms. The number of nitrogens with one attached hydrogen (secondary N) is 1. The molecule has 3 nitrogen and oxygen atoms in total. The largest absolute Gasteiger partial charge is 0.308 e. The quantitative estimate of drug-likeness (QED) is 0.787. The summed E-state index contributed by atoms with van der Waals surface area (Å²) in [4.78, 5) is 0. The van der Waals surface area contributed by atoms with Gasteiger partial charge in [-0.15, -0.1) is 10.2 Å². The molecule has 1 heterocycles. The molecule has 2 rings (SSSR count). The molecule has 114 valence electrons. The summed E-state index contributed by atoms with van der Waals surface area (Å²) in [6, 6.07) is 2.10. The van der Waals surface area contributed by atoms with Crippen molar-refractivity contribution in [2.24, 2.45) is 0 Å². The van der Waals surface area contributed by atoms with Crippen molar-refractivity contribution in [2.45, 2.75) is 32.7 Å². The van der Waals surface area contributed by atoms with E-state index in [0.717, 1.165) is 36.5 Å². The molecular weight excluding hydrogens is 316 g/mol. The lowest BCUT2D eigenvalue weighted by Gasteiger charge is -2.12. The molecule has 1 aromatic heterocycles. The van der Waals surface area contributed by atoms with Crippen LogP contribution in [0.25, 0.3) is 10.6 Å². The third-order valence-corrected chi connectivity index (χ3v) is 4.39. The average molecular weight is 332 g/mol. The molecule has 0 aliphatic heterocycles. The first-order valence-corrected chi connectivity index (χ1v) is 7.97. The Morgan fingerprint density at radius 2 is 2.00 bits per heavy atom. The number of aromatic nitrogens is 2. The molecule has 0 spiro atoms. The van der Waals surface area contributed by atoms with Crippen molar-refractivity contribution in [1.82, 2.24) is 15.5 Å². The number of benzene rings is 1. The maximum absolute atomic E-state index is 13.9. The summed E-state index contributed by atoms with van der Waals surface area (Å²) < 4.78 is 27.4. The summed E-state index contributed by atoms with van der Waals surface area (Å²) in [5.41, 5.74) is 0.0889. The van der Waals surface area contributed by atoms with E-state index in [-0.39, 0.29) is 16.6 Å². The SMILES string of the molecule is CCCNC(CC)c1nnc(-c2cc(F)c(Cl)cc2F)s1. The van der Waals surface area contributed by atoms with Crippen molar-refractivity contribution in [2.75, 3.05) is 6.54 Å². The number of rotatable bonds is 6. The molecule has 0 amide bonds. The first-order chi connectivity index (χ1) is 10.1. The van der Waals surface area contributed by atoms with E-state index in [2.05, 4.69) is 22.4 Å². The van der Waals surface area contributed by atoms with Crippen LogP contribution in [0.1, 0.15) is 37.7 Å². The predicted molar refractivity (Wildman–Crippen MR) is 81.6 cm³/mol. The first kappa shape index (κ1) is 16.3. The predicted octanol–water partition coefficient (Wildman–Crippen LogP) is 4.59. The van der Waals surface area contributed by atoms with Crippen LogP contribution < -0.4 is 5.32 Å². The maximum Gasteiger partial charge on any atom is 0.150 e. The van der Waals surface area contributed by atoms with E-state index in [4.69, 9.17) is 11.6 Å². The highest BCUT2D eigenvalue weighted by Gasteiger charge is 2.18. The van der Waals surface area contributed by atoms with Gasteiger partial charge in [0.2, 0.25) is 0 Å². The molecule has 1 unspecified atom stereocenters. The normalized spacial score (nSPS) is 12.6. The molecule has 1 N–H and O–H groups in total. The second-order valence-corrected chi connectivity index (χ2v) is 6.02. The van der Waals surface area contributed by atoms with Gasteiger partial charge in [0.15, 0.2) is 5.01 Å². The standard InChI is InChI=1S/C14H16ClF2N3S/c1-3-5-18-12(4-2)14-20-19-13(21-14)8-6-11(17)9(15)7-10(8)16/h6-7,12,18H,3-5H2,1-2H3. The van der Waals surface area contributed by atoms with Crippen LogP contribution in [-0.2, 0) is 0 Å². The highest BCUT2D eigenvalue weighted by molar-refractivity contribution is 7.14. The lowest BCUT2D eigenvalue weighted by molar-refractivity contribution is 0.513. The van der Waals surface area contributed by atoms with Gasteiger partial charge in [-0.05, 0) is 31.5 Å². The van der Waals surface area contributed by atoms with Crippen LogP contribution in [0.5, 0.6) is 0 Å². The highest BCUT2D eigenvalue weighted by Crippen LogP contribution is 2.32. The van der Waals surface area contributed by atoms with E-state index in [1.165, 1.54) is 11.3 Å². The Bertz CT molecular complexity index is 618. The zero-order valence-corrected chi connectivity index (χ0v) is 13.4. The number of nitrogens with zero attached hydrogens (tertiary/aromatic N) is 2. The molecule has 0 saturated heterocycles. The lowest BCUT2D eigenvalue weighted by Crippen LogP contribution is -2.21. The molecule has 7 heteroatoms. The smallest absolute Gasteiger partial charge is 0.150 e. The molecule has 1 atom stereocenters. The third-order valence-electron chi connectivity index (χ3n) is 3.03. The van der Waals surface area contributed by atoms with Crippen molar-refractivity contribution in [3.63, 3.8) is 0 Å². The highest BCUT2D eigenvalue weighted by atomic mass is 35.5. The van der Waals surface area contributed by atoms with Crippen molar-refractivity contribution < 1.29 is 8.78 Å². The summed E-state index contributed by atoms with van der Waals surface area (Å²) >= 11 is 6.81. The van der Waals surface area contributed by atoms with E-state index in [9.17, 15) is 8.78 Å². The van der Waals surface area contributed by atoms with Crippen LogP contribution in [-0.4, -0.2) is 16.7 Å². The van der Waals surface area contributed by atoms with Crippen LogP contribution >= 0.6 is 22.9 Å². The molecule has 2 aromatic rings. The van der Waals surface area contributed by atoms with Gasteiger partial charge in [0.1, 0.15) is 16.6 Å². The van der Waals surface area contributed by atoms with Crippen LogP contribution in [0.2, 0.25) is 5.02 Å². The van der Waals surface area contributed by atoms with Gasteiger partial charge in [0.25, 0.3) is 0 Å². The van der Waals surface area contributed by atoms with Crippen molar-refractivity contribution >= 4 is 22.9 Å². The van der Waals surface area contributed by atoms with Crippen LogP contribution in [0.4, 0.5) is 8.78 Å². The fourth-order valence-electron chi connectivity index (χ4n) is 1.90. The Kier molecular flexibility index (Phi) is 5.61. The Balaban J connectivity index is 2.29. The first-order valence-electron chi connectivity index (χ1n) is 6.78. The van der Waals surface area contributed by atoms with Crippen molar-refractivity contribution in [1.29, 1.82) is 0 Å². The van der Waals surface area contributed by atoms with Crippen molar-refractivity contribution in [3.8, 4) is 10.6 Å². The number of hydrogen-bond acceptors (Lipinski definition) is 4. The van der Waals surface area contributed by atoms with Gasteiger partial charge in [0.05, 0.1) is 16.6 Å². The van der Waals surface area contributed by atoms with E-state index in [0.29, 0.717) is 5.01 Å². The fourth-order valence-corrected chi connectivity index (χ4v) is 3.07. The molecule has 0 fully saturated rings. The van der Waals surface area contributed by atoms with Gasteiger partial charge in [-0.2, -0.15) is 0 Å². The summed E-state index contributed by atoms with van der Waals surface area (Å²) in [6.07, 6.45) is 1.87. The van der Waals surface area contributed by atoms with Crippen molar-refractivity contribution in [3.05, 3.63) is 33.8 Å². The molecule has 1 aromatic carbocycles. The molecule has 0 aliphatic carbocycles. The van der Waals surface area contributed by atoms with E-state index >= 15 is 0 Å². The average Bonchev–Trinajstić information content (AvgIpc) is 2.93. The Morgan fingerprint density at radius 3 is 2.67 bits per heavy atom. The zero-order valence-electron chi connectivity index (χ0n) is 11.8. The minimum absolute atomic E-state index is 0.0800. The maximum atomic E-state index is 13.9. The van der Waals surface area contributed by atoms with E-state index in [1.54, 1.807) is 0 Å². The van der Waals surface area contributed by atoms with Gasteiger partial charge in [-0.1, -0.05) is 36.8 Å². The van der Waals surface area contributed by atoms with Crippen LogP contribution in [0.3, 0.4) is 0 Å². The molecular formula is C14H16ClF2N3S. The van der Waals surface area contributed by atoms with Gasteiger partial charge < -0.3 is 5.32 Å². The van der Waals surface area contributed by atoms with Gasteiger partial charge in [-0.25, -0.2) is 8.78 Å². The van der Waals surface area contributed by atoms with E-state index in [1.807, 2.05) is 6.92 Å². The second kappa shape index (κ2) is 7.24. The topological polar surface area (TPSA) is 37.8 Å². The summed E-state index contributed by atoms with van der Waals surface area (Å²) in [6.45, 7) is 4.99. The Morgan fingerprint density at radius 1 is 1.24 bits per heavy atom. The van der Waals surface area contributed by atoms with E-state index < -0.39 is 11.6 Å². The molecule has 0 saturated carbocycles. The summed E-state index contributed by atoms with van der Waals surface area (Å²) in [7, 11) is 0. The van der Waals surface area contributed by atoms with Gasteiger partial charge in [-0.3, -0.25) is 0 Å². The fraction of sp³-hybridized carbons (Fsp3) is 0.429. The number of halogens is 3. The molecule has 0 bridgehead atoms. The Hall–Kier alpha value is -1.11. The minimum Gasteiger partial charge on any atom is -0.308 e. The number of hydrogen-bond donors (Lipinski definition) is 1. The monoisotopic (exact) mass is 331 g/mol. The zero-order chi connectivity index (χ0) is 15.4. The van der Waals surface area contributed by atoms with Crippen LogP contribution in [0, 0.1) is 11.6 Å².